The average Bonchev–Trinajstić information content (AvgIpc) is 2.36. The Labute approximate surface area is 107 Å². The molecule has 18 heavy (non-hydrogen) atoms. The van der Waals surface area contributed by atoms with Crippen molar-refractivity contribution in [2.45, 2.75) is 38.2 Å². The summed E-state index contributed by atoms with van der Waals surface area (Å²) < 4.78 is 5.56. The number of cyclic esters (lactones) is 1. The zero-order chi connectivity index (χ0) is 13.0. The van der Waals surface area contributed by atoms with E-state index in [9.17, 15) is 9.90 Å². The fourth-order valence-electron chi connectivity index (χ4n) is 2.39. The lowest BCUT2D eigenvalue weighted by Crippen LogP contribution is -2.35. The van der Waals surface area contributed by atoms with E-state index in [1.165, 1.54) is 0 Å². The van der Waals surface area contributed by atoms with Crippen molar-refractivity contribution < 1.29 is 14.6 Å². The molecule has 0 saturated heterocycles. The maximum absolute atomic E-state index is 11.6. The summed E-state index contributed by atoms with van der Waals surface area (Å²) in [6.07, 6.45) is 4.24. The molecule has 96 valence electrons. The number of aliphatic hydroxyl groups excluding tert-OH is 1. The summed E-state index contributed by atoms with van der Waals surface area (Å²) in [6.45, 7) is 2.10. The van der Waals surface area contributed by atoms with Gasteiger partial charge in [0.05, 0.1) is 6.08 Å². The number of ether oxygens (including phenoxy) is 1. The van der Waals surface area contributed by atoms with E-state index in [1.807, 2.05) is 30.3 Å². The highest BCUT2D eigenvalue weighted by molar-refractivity contribution is 5.84. The SMILES string of the molecule is CCCC[C@]1(c2ccccc2)CC(O)=CC(=O)O1. The Morgan fingerprint density at radius 3 is 2.67 bits per heavy atom. The first kappa shape index (κ1) is 12.7. The minimum absolute atomic E-state index is 0.103. The maximum Gasteiger partial charge on any atom is 0.335 e. The van der Waals surface area contributed by atoms with Crippen molar-refractivity contribution >= 4 is 5.97 Å². The zero-order valence-electron chi connectivity index (χ0n) is 10.6. The van der Waals surface area contributed by atoms with Gasteiger partial charge in [-0.15, -0.1) is 0 Å². The third-order valence-corrected chi connectivity index (χ3v) is 3.28. The van der Waals surface area contributed by atoms with Gasteiger partial charge in [0.25, 0.3) is 0 Å². The molecule has 1 aromatic rings. The number of benzene rings is 1. The molecule has 1 aliphatic rings. The Morgan fingerprint density at radius 2 is 2.06 bits per heavy atom. The molecule has 3 heteroatoms. The van der Waals surface area contributed by atoms with E-state index in [0.717, 1.165) is 30.9 Å². The Balaban J connectivity index is 2.36. The van der Waals surface area contributed by atoms with Gasteiger partial charge in [-0.3, -0.25) is 0 Å². The lowest BCUT2D eigenvalue weighted by atomic mass is 9.83. The number of rotatable bonds is 4. The van der Waals surface area contributed by atoms with Crippen LogP contribution in [-0.2, 0) is 15.1 Å². The lowest BCUT2D eigenvalue weighted by molar-refractivity contribution is -0.159. The van der Waals surface area contributed by atoms with Crippen LogP contribution in [0.1, 0.15) is 38.2 Å². The van der Waals surface area contributed by atoms with Gasteiger partial charge in [-0.25, -0.2) is 4.79 Å². The average molecular weight is 246 g/mol. The number of unbranched alkanes of at least 4 members (excludes halogenated alkanes) is 1. The first-order valence-corrected chi connectivity index (χ1v) is 6.34. The highest BCUT2D eigenvalue weighted by atomic mass is 16.6. The van der Waals surface area contributed by atoms with E-state index in [0.29, 0.717) is 6.42 Å². The second-order valence-corrected chi connectivity index (χ2v) is 4.70. The molecule has 1 heterocycles. The van der Waals surface area contributed by atoms with Crippen molar-refractivity contribution in [3.05, 3.63) is 47.7 Å². The first-order valence-electron chi connectivity index (χ1n) is 6.34. The number of aliphatic hydroxyl groups is 1. The monoisotopic (exact) mass is 246 g/mol. The molecule has 1 atom stereocenters. The highest BCUT2D eigenvalue weighted by Gasteiger charge is 2.39. The third kappa shape index (κ3) is 2.55. The topological polar surface area (TPSA) is 46.5 Å². The first-order chi connectivity index (χ1) is 8.66. The number of hydrogen-bond acceptors (Lipinski definition) is 3. The van der Waals surface area contributed by atoms with E-state index in [4.69, 9.17) is 4.74 Å². The van der Waals surface area contributed by atoms with Crippen molar-refractivity contribution in [3.63, 3.8) is 0 Å². The predicted octanol–water partition coefficient (Wildman–Crippen LogP) is 3.46. The van der Waals surface area contributed by atoms with Crippen molar-refractivity contribution in [2.24, 2.45) is 0 Å². The van der Waals surface area contributed by atoms with Crippen LogP contribution in [0.15, 0.2) is 42.2 Å². The fourth-order valence-corrected chi connectivity index (χ4v) is 2.39. The number of carbonyl (C=O) groups is 1. The van der Waals surface area contributed by atoms with Crippen LogP contribution >= 0.6 is 0 Å². The summed E-state index contributed by atoms with van der Waals surface area (Å²) in [5.41, 5.74) is 0.249. The second-order valence-electron chi connectivity index (χ2n) is 4.70. The smallest absolute Gasteiger partial charge is 0.335 e. The highest BCUT2D eigenvalue weighted by Crippen LogP contribution is 2.39. The summed E-state index contributed by atoms with van der Waals surface area (Å²) in [4.78, 5) is 11.6. The largest absolute Gasteiger partial charge is 0.512 e. The molecule has 0 saturated carbocycles. The summed E-state index contributed by atoms with van der Waals surface area (Å²) in [6, 6.07) is 9.67. The molecule has 1 aliphatic heterocycles. The fraction of sp³-hybridized carbons (Fsp3) is 0.400. The molecule has 0 aromatic heterocycles. The van der Waals surface area contributed by atoms with Crippen molar-refractivity contribution in [2.75, 3.05) is 0 Å². The van der Waals surface area contributed by atoms with Gasteiger partial charge < -0.3 is 9.84 Å². The van der Waals surface area contributed by atoms with Crippen LogP contribution in [0, 0.1) is 0 Å². The van der Waals surface area contributed by atoms with Gasteiger partial charge in [-0.1, -0.05) is 43.7 Å². The van der Waals surface area contributed by atoms with Crippen LogP contribution in [0.5, 0.6) is 0 Å². The molecule has 3 nitrogen and oxygen atoms in total. The van der Waals surface area contributed by atoms with E-state index >= 15 is 0 Å². The van der Waals surface area contributed by atoms with E-state index in [1.54, 1.807) is 0 Å². The Hall–Kier alpha value is -1.77. The third-order valence-electron chi connectivity index (χ3n) is 3.28. The molecule has 0 fully saturated rings. The molecule has 0 spiro atoms. The summed E-state index contributed by atoms with van der Waals surface area (Å²) in [5.74, 6) is -0.357. The summed E-state index contributed by atoms with van der Waals surface area (Å²) in [7, 11) is 0. The van der Waals surface area contributed by atoms with Crippen LogP contribution in [0.4, 0.5) is 0 Å². The van der Waals surface area contributed by atoms with Crippen LogP contribution in [0.25, 0.3) is 0 Å². The Bertz CT molecular complexity index is 450. The van der Waals surface area contributed by atoms with E-state index in [2.05, 4.69) is 6.92 Å². The molecule has 0 bridgehead atoms. The van der Waals surface area contributed by atoms with Crippen LogP contribution < -0.4 is 0 Å². The van der Waals surface area contributed by atoms with E-state index < -0.39 is 11.6 Å². The maximum atomic E-state index is 11.6. The number of esters is 1. The van der Waals surface area contributed by atoms with Gasteiger partial charge in [-0.2, -0.15) is 0 Å². The molecule has 1 aromatic carbocycles. The van der Waals surface area contributed by atoms with Crippen LogP contribution in [-0.4, -0.2) is 11.1 Å². The summed E-state index contributed by atoms with van der Waals surface area (Å²) in [5, 5.41) is 9.74. The second kappa shape index (κ2) is 5.25. The minimum atomic E-state index is -0.701. The molecule has 0 unspecified atom stereocenters. The Morgan fingerprint density at radius 1 is 1.33 bits per heavy atom. The van der Waals surface area contributed by atoms with Gasteiger partial charge in [-0.05, 0) is 18.4 Å². The molecule has 0 radical (unpaired) electrons. The lowest BCUT2D eigenvalue weighted by Gasteiger charge is -2.36. The van der Waals surface area contributed by atoms with Crippen molar-refractivity contribution in [3.8, 4) is 0 Å². The standard InChI is InChI=1S/C15H18O3/c1-2-3-9-15(12-7-5-4-6-8-12)11-13(16)10-14(17)18-15/h4-8,10,16H,2-3,9,11H2,1H3/t15-/m1/s1. The molecular weight excluding hydrogens is 228 g/mol. The van der Waals surface area contributed by atoms with Crippen LogP contribution in [0.2, 0.25) is 0 Å². The van der Waals surface area contributed by atoms with E-state index in [-0.39, 0.29) is 5.76 Å². The minimum Gasteiger partial charge on any atom is -0.512 e. The van der Waals surface area contributed by atoms with Crippen molar-refractivity contribution in [1.82, 2.24) is 0 Å². The van der Waals surface area contributed by atoms with Gasteiger partial charge >= 0.3 is 5.97 Å². The van der Waals surface area contributed by atoms with Gasteiger partial charge in [0.2, 0.25) is 0 Å². The predicted molar refractivity (Wildman–Crippen MR) is 69.1 cm³/mol. The van der Waals surface area contributed by atoms with Gasteiger partial charge in [0.15, 0.2) is 0 Å². The molecule has 1 N–H and O–H groups in total. The quantitative estimate of drug-likeness (QED) is 0.827. The zero-order valence-corrected chi connectivity index (χ0v) is 10.6. The molecule has 0 amide bonds. The molecule has 2 rings (SSSR count). The van der Waals surface area contributed by atoms with Gasteiger partial charge in [0.1, 0.15) is 11.4 Å². The number of carbonyl (C=O) groups excluding carboxylic acids is 1. The molecule has 0 aliphatic carbocycles. The van der Waals surface area contributed by atoms with Crippen LogP contribution in [0.3, 0.4) is 0 Å². The normalized spacial score (nSPS) is 23.4. The summed E-state index contributed by atoms with van der Waals surface area (Å²) >= 11 is 0. The Kier molecular flexibility index (Phi) is 3.70. The molecular formula is C15H18O3. The number of hydrogen-bond donors (Lipinski definition) is 1. The van der Waals surface area contributed by atoms with Crippen molar-refractivity contribution in [1.29, 1.82) is 0 Å². The van der Waals surface area contributed by atoms with Gasteiger partial charge in [0, 0.05) is 6.42 Å².